The quantitative estimate of drug-likeness (QED) is 0.798. The topological polar surface area (TPSA) is 39.9 Å². The monoisotopic (exact) mass is 229 g/mol. The normalized spacial score (nSPS) is 19.8. The molecule has 0 aliphatic carbocycles. The molecule has 2 rings (SSSR count). The zero-order valence-electron chi connectivity index (χ0n) is 10.4. The van der Waals surface area contributed by atoms with Gasteiger partial charge in [-0.1, -0.05) is 0 Å². The second-order valence-electron chi connectivity index (χ2n) is 5.12. The molecule has 0 aromatic carbocycles. The summed E-state index contributed by atoms with van der Waals surface area (Å²) in [5.74, 6) is 0. The summed E-state index contributed by atoms with van der Waals surface area (Å²) in [7, 11) is 0. The van der Waals surface area contributed by atoms with Crippen LogP contribution in [0.2, 0.25) is 0 Å². The van der Waals surface area contributed by atoms with Crippen molar-refractivity contribution in [3.63, 3.8) is 0 Å². The van der Waals surface area contributed by atoms with Gasteiger partial charge < -0.3 is 4.90 Å². The summed E-state index contributed by atoms with van der Waals surface area (Å²) in [6, 6.07) is 6.59. The molecule has 0 N–H and O–H groups in total. The van der Waals surface area contributed by atoms with E-state index in [0.29, 0.717) is 0 Å². The summed E-state index contributed by atoms with van der Waals surface area (Å²) in [5.41, 5.74) is 1.25. The average Bonchev–Trinajstić information content (AvgIpc) is 2.39. The molecule has 0 amide bonds. The maximum Gasteiger partial charge on any atom is 0.0687 e. The van der Waals surface area contributed by atoms with Crippen LogP contribution in [-0.2, 0) is 6.42 Å². The van der Waals surface area contributed by atoms with Gasteiger partial charge in [-0.15, -0.1) is 0 Å². The van der Waals surface area contributed by atoms with Crippen molar-refractivity contribution in [3.05, 3.63) is 30.1 Å². The first-order valence-electron chi connectivity index (χ1n) is 6.24. The highest BCUT2D eigenvalue weighted by Crippen LogP contribution is 2.29. The van der Waals surface area contributed by atoms with Crippen molar-refractivity contribution in [2.24, 2.45) is 5.41 Å². The summed E-state index contributed by atoms with van der Waals surface area (Å²) >= 11 is 0. The number of piperidine rings is 1. The molecule has 1 aromatic heterocycles. The maximum absolute atomic E-state index is 9.07. The van der Waals surface area contributed by atoms with Crippen molar-refractivity contribution >= 4 is 0 Å². The van der Waals surface area contributed by atoms with Crippen molar-refractivity contribution in [1.82, 2.24) is 9.88 Å². The number of rotatable bonds is 3. The minimum atomic E-state index is -0.0901. The van der Waals surface area contributed by atoms with Crippen LogP contribution in [-0.4, -0.2) is 29.5 Å². The molecule has 1 aliphatic heterocycles. The van der Waals surface area contributed by atoms with Gasteiger partial charge in [0.05, 0.1) is 11.5 Å². The van der Waals surface area contributed by atoms with Gasteiger partial charge in [-0.2, -0.15) is 5.26 Å². The number of hydrogen-bond donors (Lipinski definition) is 0. The van der Waals surface area contributed by atoms with Gasteiger partial charge in [-0.05, 0) is 57.0 Å². The van der Waals surface area contributed by atoms with E-state index in [0.717, 1.165) is 38.9 Å². The van der Waals surface area contributed by atoms with Gasteiger partial charge in [0, 0.05) is 18.9 Å². The average molecular weight is 229 g/mol. The third-order valence-electron chi connectivity index (χ3n) is 3.70. The largest absolute Gasteiger partial charge is 0.303 e. The van der Waals surface area contributed by atoms with Crippen molar-refractivity contribution in [3.8, 4) is 6.07 Å². The molecule has 1 aromatic rings. The predicted octanol–water partition coefficient (Wildman–Crippen LogP) is 2.25. The van der Waals surface area contributed by atoms with E-state index in [2.05, 4.69) is 35.0 Å². The van der Waals surface area contributed by atoms with Crippen molar-refractivity contribution in [2.45, 2.75) is 26.2 Å². The Balaban J connectivity index is 1.78. The molecule has 0 unspecified atom stereocenters. The molecule has 3 heteroatoms. The van der Waals surface area contributed by atoms with Gasteiger partial charge >= 0.3 is 0 Å². The molecule has 1 aliphatic rings. The summed E-state index contributed by atoms with van der Waals surface area (Å²) < 4.78 is 0. The third-order valence-corrected chi connectivity index (χ3v) is 3.70. The van der Waals surface area contributed by atoms with E-state index in [4.69, 9.17) is 5.26 Å². The maximum atomic E-state index is 9.07. The highest BCUT2D eigenvalue weighted by Gasteiger charge is 2.29. The standard InChI is InChI=1S/C14H19N3/c1-14(12-15)5-10-17(11-6-14)9-4-13-2-7-16-8-3-13/h2-3,7-8H,4-6,9-11H2,1H3. The Morgan fingerprint density at radius 2 is 2.00 bits per heavy atom. The van der Waals surface area contributed by atoms with Crippen LogP contribution in [0, 0.1) is 16.7 Å². The lowest BCUT2D eigenvalue weighted by molar-refractivity contribution is 0.158. The lowest BCUT2D eigenvalue weighted by atomic mass is 9.82. The van der Waals surface area contributed by atoms with Gasteiger partial charge in [0.15, 0.2) is 0 Å². The van der Waals surface area contributed by atoms with Crippen LogP contribution in [0.15, 0.2) is 24.5 Å². The molecule has 0 bridgehead atoms. The first-order valence-corrected chi connectivity index (χ1v) is 6.24. The Kier molecular flexibility index (Phi) is 3.75. The smallest absolute Gasteiger partial charge is 0.0687 e. The van der Waals surface area contributed by atoms with Crippen LogP contribution >= 0.6 is 0 Å². The summed E-state index contributed by atoms with van der Waals surface area (Å²) in [5, 5.41) is 9.07. The lowest BCUT2D eigenvalue weighted by Crippen LogP contribution is -2.39. The van der Waals surface area contributed by atoms with Gasteiger partial charge in [0.2, 0.25) is 0 Å². The van der Waals surface area contributed by atoms with Gasteiger partial charge in [-0.25, -0.2) is 0 Å². The van der Waals surface area contributed by atoms with E-state index in [-0.39, 0.29) is 5.41 Å². The van der Waals surface area contributed by atoms with Gasteiger partial charge in [0.25, 0.3) is 0 Å². The van der Waals surface area contributed by atoms with Crippen LogP contribution in [0.25, 0.3) is 0 Å². The first-order chi connectivity index (χ1) is 8.22. The lowest BCUT2D eigenvalue weighted by Gasteiger charge is -2.34. The summed E-state index contributed by atoms with van der Waals surface area (Å²) in [6.45, 7) is 5.27. The van der Waals surface area contributed by atoms with Crippen LogP contribution < -0.4 is 0 Å². The van der Waals surface area contributed by atoms with E-state index < -0.39 is 0 Å². The number of nitriles is 1. The Hall–Kier alpha value is -1.40. The SMILES string of the molecule is CC1(C#N)CCN(CCc2ccncc2)CC1. The number of aromatic nitrogens is 1. The molecule has 1 saturated heterocycles. The summed E-state index contributed by atoms with van der Waals surface area (Å²) in [4.78, 5) is 6.48. The second kappa shape index (κ2) is 5.29. The van der Waals surface area contributed by atoms with E-state index in [1.165, 1.54) is 5.56 Å². The van der Waals surface area contributed by atoms with E-state index in [9.17, 15) is 0 Å². The first kappa shape index (κ1) is 12.1. The molecule has 0 spiro atoms. The fourth-order valence-electron chi connectivity index (χ4n) is 2.22. The number of likely N-dealkylation sites (tertiary alicyclic amines) is 1. The molecule has 1 fully saturated rings. The Morgan fingerprint density at radius 3 is 2.59 bits per heavy atom. The fourth-order valence-corrected chi connectivity index (χ4v) is 2.22. The Morgan fingerprint density at radius 1 is 1.35 bits per heavy atom. The van der Waals surface area contributed by atoms with E-state index in [1.54, 1.807) is 0 Å². The van der Waals surface area contributed by atoms with Crippen LogP contribution in [0.5, 0.6) is 0 Å². The fraction of sp³-hybridized carbons (Fsp3) is 0.571. The molecule has 0 saturated carbocycles. The molecule has 90 valence electrons. The van der Waals surface area contributed by atoms with Crippen molar-refractivity contribution in [1.29, 1.82) is 5.26 Å². The minimum Gasteiger partial charge on any atom is -0.303 e. The molecule has 3 nitrogen and oxygen atoms in total. The van der Waals surface area contributed by atoms with Gasteiger partial charge in [-0.3, -0.25) is 4.98 Å². The number of pyridine rings is 1. The minimum absolute atomic E-state index is 0.0901. The highest BCUT2D eigenvalue weighted by molar-refractivity contribution is 5.10. The van der Waals surface area contributed by atoms with Crippen LogP contribution in [0.4, 0.5) is 0 Å². The third kappa shape index (κ3) is 3.28. The van der Waals surface area contributed by atoms with E-state index in [1.807, 2.05) is 12.4 Å². The molecular weight excluding hydrogens is 210 g/mol. The van der Waals surface area contributed by atoms with Crippen molar-refractivity contribution < 1.29 is 0 Å². The predicted molar refractivity (Wildman–Crippen MR) is 67.3 cm³/mol. The highest BCUT2D eigenvalue weighted by atomic mass is 15.1. The van der Waals surface area contributed by atoms with E-state index >= 15 is 0 Å². The Bertz CT molecular complexity index is 386. The zero-order chi connectivity index (χ0) is 12.1. The molecule has 17 heavy (non-hydrogen) atoms. The summed E-state index contributed by atoms with van der Waals surface area (Å²) in [6.07, 6.45) is 6.77. The van der Waals surface area contributed by atoms with Crippen molar-refractivity contribution in [2.75, 3.05) is 19.6 Å². The second-order valence-corrected chi connectivity index (χ2v) is 5.12. The Labute approximate surface area is 103 Å². The molecule has 0 atom stereocenters. The van der Waals surface area contributed by atoms with Gasteiger partial charge in [0.1, 0.15) is 0 Å². The number of nitrogens with zero attached hydrogens (tertiary/aromatic N) is 3. The molecular formula is C14H19N3. The van der Waals surface area contributed by atoms with Crippen LogP contribution in [0.3, 0.4) is 0 Å². The number of hydrogen-bond acceptors (Lipinski definition) is 3. The molecule has 0 radical (unpaired) electrons. The van der Waals surface area contributed by atoms with Crippen LogP contribution in [0.1, 0.15) is 25.3 Å². The molecule has 2 heterocycles. The zero-order valence-corrected chi connectivity index (χ0v) is 10.4.